The van der Waals surface area contributed by atoms with Crippen LogP contribution in [0.5, 0.6) is 0 Å². The maximum Gasteiger partial charge on any atom is 0.0550 e. The summed E-state index contributed by atoms with van der Waals surface area (Å²) in [6, 6.07) is 4.00. The van der Waals surface area contributed by atoms with E-state index in [1.807, 2.05) is 18.3 Å². The first kappa shape index (κ1) is 11.9. The normalized spacial score (nSPS) is 10.3. The number of hydrogen-bond acceptors (Lipinski definition) is 4. The third-order valence-electron chi connectivity index (χ3n) is 2.30. The zero-order valence-corrected chi connectivity index (χ0v) is 9.44. The molecule has 2 N–H and O–H groups in total. The number of nitrogens with two attached hydrogens (primary N) is 1. The van der Waals surface area contributed by atoms with Crippen molar-refractivity contribution in [2.75, 3.05) is 32.2 Å². The number of aromatic nitrogens is 1. The maximum absolute atomic E-state index is 5.48. The molecule has 4 nitrogen and oxygen atoms in total. The number of nitrogens with zero attached hydrogens (tertiary/aromatic N) is 2. The largest absolute Gasteiger partial charge is 0.385 e. The molecule has 0 aliphatic heterocycles. The summed E-state index contributed by atoms with van der Waals surface area (Å²) >= 11 is 0. The van der Waals surface area contributed by atoms with Crippen molar-refractivity contribution in [2.24, 2.45) is 5.73 Å². The van der Waals surface area contributed by atoms with Crippen LogP contribution in [-0.2, 0) is 11.3 Å². The van der Waals surface area contributed by atoms with Gasteiger partial charge in [-0.15, -0.1) is 0 Å². The van der Waals surface area contributed by atoms with Crippen LogP contribution in [-0.4, -0.2) is 32.3 Å². The van der Waals surface area contributed by atoms with Crippen molar-refractivity contribution < 1.29 is 4.74 Å². The van der Waals surface area contributed by atoms with Gasteiger partial charge in [0.05, 0.1) is 17.6 Å². The van der Waals surface area contributed by atoms with Crippen molar-refractivity contribution in [3.05, 3.63) is 24.0 Å². The summed E-state index contributed by atoms with van der Waals surface area (Å²) in [7, 11) is 3.77. The second-order valence-electron chi connectivity index (χ2n) is 3.48. The Morgan fingerprint density at radius 2 is 2.27 bits per heavy atom. The molecule has 1 rings (SSSR count). The van der Waals surface area contributed by atoms with Gasteiger partial charge in [-0.05, 0) is 18.6 Å². The SMILES string of the molecule is COCCCN(C)c1ccc(CN)nc1. The molecule has 0 amide bonds. The van der Waals surface area contributed by atoms with E-state index < -0.39 is 0 Å². The molecule has 84 valence electrons. The Bertz CT molecular complexity index is 274. The Labute approximate surface area is 91.1 Å². The summed E-state index contributed by atoms with van der Waals surface area (Å²) in [6.07, 6.45) is 2.88. The second kappa shape index (κ2) is 6.37. The van der Waals surface area contributed by atoms with Gasteiger partial charge in [0.25, 0.3) is 0 Å². The molecule has 1 aromatic rings. The Balaban J connectivity index is 2.46. The lowest BCUT2D eigenvalue weighted by atomic mass is 10.3. The number of ether oxygens (including phenoxy) is 1. The van der Waals surface area contributed by atoms with Gasteiger partial charge >= 0.3 is 0 Å². The molecule has 0 aliphatic carbocycles. The molecule has 1 heterocycles. The summed E-state index contributed by atoms with van der Waals surface area (Å²) in [5.74, 6) is 0. The maximum atomic E-state index is 5.48. The molecule has 0 unspecified atom stereocenters. The fraction of sp³-hybridized carbons (Fsp3) is 0.545. The average Bonchev–Trinajstić information content (AvgIpc) is 2.29. The van der Waals surface area contributed by atoms with Crippen molar-refractivity contribution >= 4 is 5.69 Å². The van der Waals surface area contributed by atoms with E-state index in [9.17, 15) is 0 Å². The smallest absolute Gasteiger partial charge is 0.0550 e. The number of hydrogen-bond donors (Lipinski definition) is 1. The van der Waals surface area contributed by atoms with E-state index in [1.165, 1.54) is 0 Å². The molecule has 0 saturated heterocycles. The van der Waals surface area contributed by atoms with E-state index in [2.05, 4.69) is 16.9 Å². The molecule has 0 fully saturated rings. The molecular formula is C11H19N3O. The Kier molecular flexibility index (Phi) is 5.07. The van der Waals surface area contributed by atoms with Crippen LogP contribution in [0.15, 0.2) is 18.3 Å². The fourth-order valence-corrected chi connectivity index (χ4v) is 1.34. The van der Waals surface area contributed by atoms with Gasteiger partial charge in [-0.25, -0.2) is 0 Å². The van der Waals surface area contributed by atoms with Crippen LogP contribution in [0.1, 0.15) is 12.1 Å². The third kappa shape index (κ3) is 3.85. The highest BCUT2D eigenvalue weighted by Crippen LogP contribution is 2.11. The van der Waals surface area contributed by atoms with Crippen LogP contribution >= 0.6 is 0 Å². The zero-order chi connectivity index (χ0) is 11.1. The highest BCUT2D eigenvalue weighted by molar-refractivity contribution is 5.43. The van der Waals surface area contributed by atoms with E-state index in [0.29, 0.717) is 6.54 Å². The van der Waals surface area contributed by atoms with Crippen LogP contribution in [0.4, 0.5) is 5.69 Å². The highest BCUT2D eigenvalue weighted by Gasteiger charge is 2.00. The summed E-state index contributed by atoms with van der Waals surface area (Å²) < 4.78 is 5.01. The van der Waals surface area contributed by atoms with Gasteiger partial charge in [0.2, 0.25) is 0 Å². The lowest BCUT2D eigenvalue weighted by Gasteiger charge is -2.18. The van der Waals surface area contributed by atoms with Gasteiger partial charge in [0, 0.05) is 33.9 Å². The third-order valence-corrected chi connectivity index (χ3v) is 2.30. The molecule has 0 bridgehead atoms. The van der Waals surface area contributed by atoms with Crippen molar-refractivity contribution in [3.8, 4) is 0 Å². The van der Waals surface area contributed by atoms with E-state index in [1.54, 1.807) is 7.11 Å². The van der Waals surface area contributed by atoms with E-state index in [-0.39, 0.29) is 0 Å². The summed E-state index contributed by atoms with van der Waals surface area (Å²) in [6.45, 7) is 2.25. The van der Waals surface area contributed by atoms with Crippen molar-refractivity contribution in [2.45, 2.75) is 13.0 Å². The molecule has 15 heavy (non-hydrogen) atoms. The van der Waals surface area contributed by atoms with Crippen molar-refractivity contribution in [3.63, 3.8) is 0 Å². The molecule has 1 aromatic heterocycles. The number of anilines is 1. The lowest BCUT2D eigenvalue weighted by molar-refractivity contribution is 0.196. The predicted octanol–water partition coefficient (Wildman–Crippen LogP) is 1.01. The minimum Gasteiger partial charge on any atom is -0.385 e. The highest BCUT2D eigenvalue weighted by atomic mass is 16.5. The molecule has 0 spiro atoms. The summed E-state index contributed by atoms with van der Waals surface area (Å²) in [5.41, 5.74) is 7.52. The van der Waals surface area contributed by atoms with Crippen LogP contribution in [0.2, 0.25) is 0 Å². The van der Waals surface area contributed by atoms with Gasteiger partial charge in [0.1, 0.15) is 0 Å². The molecule has 4 heteroatoms. The van der Waals surface area contributed by atoms with Gasteiger partial charge in [0.15, 0.2) is 0 Å². The van der Waals surface area contributed by atoms with Gasteiger partial charge in [-0.1, -0.05) is 0 Å². The average molecular weight is 209 g/mol. The van der Waals surface area contributed by atoms with Gasteiger partial charge in [-0.2, -0.15) is 0 Å². The zero-order valence-electron chi connectivity index (χ0n) is 9.44. The molecule has 0 aromatic carbocycles. The quantitative estimate of drug-likeness (QED) is 0.710. The van der Waals surface area contributed by atoms with Gasteiger partial charge < -0.3 is 15.4 Å². The standard InChI is InChI=1S/C11H19N3O/c1-14(6-3-7-15-2)11-5-4-10(8-12)13-9-11/h4-5,9H,3,6-8,12H2,1-2H3. The van der Waals surface area contributed by atoms with Crippen LogP contribution in [0.25, 0.3) is 0 Å². The first-order chi connectivity index (χ1) is 7.27. The van der Waals surface area contributed by atoms with Crippen LogP contribution in [0.3, 0.4) is 0 Å². The Hall–Kier alpha value is -1.13. The number of rotatable bonds is 6. The van der Waals surface area contributed by atoms with E-state index >= 15 is 0 Å². The minimum atomic E-state index is 0.494. The topological polar surface area (TPSA) is 51.4 Å². The van der Waals surface area contributed by atoms with E-state index in [4.69, 9.17) is 10.5 Å². The Morgan fingerprint density at radius 3 is 2.80 bits per heavy atom. The molecular weight excluding hydrogens is 190 g/mol. The fourth-order valence-electron chi connectivity index (χ4n) is 1.34. The summed E-state index contributed by atoms with van der Waals surface area (Å²) in [5, 5.41) is 0. The Morgan fingerprint density at radius 1 is 1.47 bits per heavy atom. The monoisotopic (exact) mass is 209 g/mol. The molecule has 0 radical (unpaired) electrons. The van der Waals surface area contributed by atoms with Crippen LogP contribution in [0, 0.1) is 0 Å². The molecule has 0 saturated carbocycles. The second-order valence-corrected chi connectivity index (χ2v) is 3.48. The first-order valence-electron chi connectivity index (χ1n) is 5.13. The molecule has 0 atom stereocenters. The van der Waals surface area contributed by atoms with Crippen LogP contribution < -0.4 is 10.6 Å². The number of methoxy groups -OCH3 is 1. The number of pyridine rings is 1. The predicted molar refractivity (Wildman–Crippen MR) is 61.9 cm³/mol. The van der Waals surface area contributed by atoms with Gasteiger partial charge in [-0.3, -0.25) is 4.98 Å². The van der Waals surface area contributed by atoms with Crippen molar-refractivity contribution in [1.82, 2.24) is 4.98 Å². The van der Waals surface area contributed by atoms with Crippen molar-refractivity contribution in [1.29, 1.82) is 0 Å². The minimum absolute atomic E-state index is 0.494. The lowest BCUT2D eigenvalue weighted by Crippen LogP contribution is -2.20. The van der Waals surface area contributed by atoms with E-state index in [0.717, 1.165) is 31.0 Å². The first-order valence-corrected chi connectivity index (χ1v) is 5.13. The summed E-state index contributed by atoms with van der Waals surface area (Å²) in [4.78, 5) is 6.41. The molecule has 0 aliphatic rings.